The second kappa shape index (κ2) is 5.80. The van der Waals surface area contributed by atoms with Gasteiger partial charge in [0.25, 0.3) is 0 Å². The highest BCUT2D eigenvalue weighted by atomic mass is 16.5. The van der Waals surface area contributed by atoms with Crippen molar-refractivity contribution < 1.29 is 9.47 Å². The normalized spacial score (nSPS) is 23.5. The Hall–Kier alpha value is -1.26. The summed E-state index contributed by atoms with van der Waals surface area (Å²) < 4.78 is 11.7. The zero-order chi connectivity index (χ0) is 13.1. The SMILES string of the molecule is CN1CCOC(COc2cccc3c2NCCC3)C1. The smallest absolute Gasteiger partial charge is 0.142 e. The molecule has 2 aliphatic rings. The van der Waals surface area contributed by atoms with E-state index in [0.29, 0.717) is 6.61 Å². The third-order valence-electron chi connectivity index (χ3n) is 3.80. The van der Waals surface area contributed by atoms with Crippen LogP contribution < -0.4 is 10.1 Å². The molecule has 0 aromatic heterocycles. The number of anilines is 1. The van der Waals surface area contributed by atoms with Crippen molar-refractivity contribution in [3.8, 4) is 5.75 Å². The minimum atomic E-state index is 0.179. The first kappa shape index (κ1) is 12.8. The number of fused-ring (bicyclic) bond motifs is 1. The van der Waals surface area contributed by atoms with Crippen molar-refractivity contribution in [2.75, 3.05) is 45.2 Å². The van der Waals surface area contributed by atoms with E-state index in [4.69, 9.17) is 9.47 Å². The fourth-order valence-corrected chi connectivity index (χ4v) is 2.75. The number of ether oxygens (including phenoxy) is 2. The molecule has 19 heavy (non-hydrogen) atoms. The van der Waals surface area contributed by atoms with Crippen molar-refractivity contribution in [2.24, 2.45) is 0 Å². The monoisotopic (exact) mass is 262 g/mol. The molecular formula is C15H22N2O2. The van der Waals surface area contributed by atoms with Gasteiger partial charge < -0.3 is 19.7 Å². The van der Waals surface area contributed by atoms with Crippen LogP contribution in [0.1, 0.15) is 12.0 Å². The van der Waals surface area contributed by atoms with Crippen LogP contribution in [-0.4, -0.2) is 50.9 Å². The summed E-state index contributed by atoms with van der Waals surface area (Å²) in [7, 11) is 2.13. The predicted octanol–water partition coefficient (Wildman–Crippen LogP) is 1.75. The van der Waals surface area contributed by atoms with Crippen molar-refractivity contribution in [1.29, 1.82) is 0 Å². The Bertz CT molecular complexity index is 436. The van der Waals surface area contributed by atoms with Crippen LogP contribution in [0.15, 0.2) is 18.2 Å². The number of hydrogen-bond acceptors (Lipinski definition) is 4. The minimum absolute atomic E-state index is 0.179. The fourth-order valence-electron chi connectivity index (χ4n) is 2.75. The number of nitrogens with one attached hydrogen (secondary N) is 1. The van der Waals surface area contributed by atoms with Crippen molar-refractivity contribution in [3.63, 3.8) is 0 Å². The van der Waals surface area contributed by atoms with E-state index < -0.39 is 0 Å². The van der Waals surface area contributed by atoms with E-state index in [9.17, 15) is 0 Å². The Morgan fingerprint density at radius 2 is 2.42 bits per heavy atom. The van der Waals surface area contributed by atoms with Crippen molar-refractivity contribution in [2.45, 2.75) is 18.9 Å². The summed E-state index contributed by atoms with van der Waals surface area (Å²) in [6, 6.07) is 6.30. The molecule has 1 N–H and O–H groups in total. The van der Waals surface area contributed by atoms with Gasteiger partial charge in [0.2, 0.25) is 0 Å². The summed E-state index contributed by atoms with van der Waals surface area (Å²) in [5.41, 5.74) is 2.54. The van der Waals surface area contributed by atoms with Gasteiger partial charge in [-0.2, -0.15) is 0 Å². The molecule has 0 bridgehead atoms. The highest BCUT2D eigenvalue weighted by molar-refractivity contribution is 5.63. The van der Waals surface area contributed by atoms with E-state index in [0.717, 1.165) is 38.4 Å². The lowest BCUT2D eigenvalue weighted by Gasteiger charge is -2.30. The van der Waals surface area contributed by atoms with Crippen LogP contribution >= 0.6 is 0 Å². The van der Waals surface area contributed by atoms with E-state index >= 15 is 0 Å². The number of aryl methyl sites for hydroxylation is 1. The number of para-hydroxylation sites is 1. The number of likely N-dealkylation sites (N-methyl/N-ethyl adjacent to an activating group) is 1. The van der Waals surface area contributed by atoms with E-state index in [1.54, 1.807) is 0 Å². The van der Waals surface area contributed by atoms with Crippen molar-refractivity contribution >= 4 is 5.69 Å². The average molecular weight is 262 g/mol. The Labute approximate surface area is 114 Å². The van der Waals surface area contributed by atoms with Gasteiger partial charge in [-0.15, -0.1) is 0 Å². The fraction of sp³-hybridized carbons (Fsp3) is 0.600. The lowest BCUT2D eigenvalue weighted by Crippen LogP contribution is -2.42. The van der Waals surface area contributed by atoms with Crippen LogP contribution in [0.5, 0.6) is 5.75 Å². The first-order chi connectivity index (χ1) is 9.33. The molecule has 0 amide bonds. The molecule has 0 spiro atoms. The van der Waals surface area contributed by atoms with Gasteiger partial charge in [-0.3, -0.25) is 0 Å². The Kier molecular flexibility index (Phi) is 3.89. The largest absolute Gasteiger partial charge is 0.489 e. The number of rotatable bonds is 3. The minimum Gasteiger partial charge on any atom is -0.489 e. The third kappa shape index (κ3) is 3.01. The number of benzene rings is 1. The zero-order valence-electron chi connectivity index (χ0n) is 11.5. The summed E-state index contributed by atoms with van der Waals surface area (Å²) in [5, 5.41) is 3.45. The van der Waals surface area contributed by atoms with Gasteiger partial charge in [-0.25, -0.2) is 0 Å². The second-order valence-corrected chi connectivity index (χ2v) is 5.39. The van der Waals surface area contributed by atoms with E-state index in [-0.39, 0.29) is 6.10 Å². The molecule has 4 nitrogen and oxygen atoms in total. The molecule has 3 rings (SSSR count). The van der Waals surface area contributed by atoms with Crippen LogP contribution in [0.2, 0.25) is 0 Å². The molecule has 1 saturated heterocycles. The van der Waals surface area contributed by atoms with Crippen molar-refractivity contribution in [3.05, 3.63) is 23.8 Å². The maximum atomic E-state index is 5.98. The lowest BCUT2D eigenvalue weighted by atomic mass is 10.0. The van der Waals surface area contributed by atoms with Gasteiger partial charge in [0, 0.05) is 19.6 Å². The molecule has 104 valence electrons. The van der Waals surface area contributed by atoms with Crippen LogP contribution in [0.25, 0.3) is 0 Å². The summed E-state index contributed by atoms with van der Waals surface area (Å²) in [6.45, 7) is 4.43. The van der Waals surface area contributed by atoms with Gasteiger partial charge in [0.15, 0.2) is 0 Å². The van der Waals surface area contributed by atoms with Crippen LogP contribution in [0, 0.1) is 0 Å². The quantitative estimate of drug-likeness (QED) is 0.900. The van der Waals surface area contributed by atoms with Crippen molar-refractivity contribution in [1.82, 2.24) is 4.90 Å². The molecule has 1 fully saturated rings. The summed E-state index contributed by atoms with van der Waals surface area (Å²) in [5.74, 6) is 0.967. The first-order valence-electron chi connectivity index (χ1n) is 7.11. The second-order valence-electron chi connectivity index (χ2n) is 5.39. The zero-order valence-corrected chi connectivity index (χ0v) is 11.5. The Morgan fingerprint density at radius 1 is 1.47 bits per heavy atom. The van der Waals surface area contributed by atoms with Gasteiger partial charge in [-0.1, -0.05) is 12.1 Å². The molecule has 1 aromatic rings. The maximum Gasteiger partial charge on any atom is 0.142 e. The Morgan fingerprint density at radius 3 is 3.32 bits per heavy atom. The number of hydrogen-bond donors (Lipinski definition) is 1. The molecule has 1 aromatic carbocycles. The van der Waals surface area contributed by atoms with Crippen LogP contribution in [0.4, 0.5) is 5.69 Å². The van der Waals surface area contributed by atoms with Crippen LogP contribution in [-0.2, 0) is 11.2 Å². The number of morpholine rings is 1. The third-order valence-corrected chi connectivity index (χ3v) is 3.80. The van der Waals surface area contributed by atoms with Gasteiger partial charge >= 0.3 is 0 Å². The Balaban J connectivity index is 1.63. The highest BCUT2D eigenvalue weighted by Crippen LogP contribution is 2.32. The van der Waals surface area contributed by atoms with Gasteiger partial charge in [0.05, 0.1) is 12.3 Å². The molecule has 1 atom stereocenters. The summed E-state index contributed by atoms with van der Waals surface area (Å²) in [4.78, 5) is 2.29. The molecule has 0 saturated carbocycles. The highest BCUT2D eigenvalue weighted by Gasteiger charge is 2.19. The molecule has 0 radical (unpaired) electrons. The first-order valence-corrected chi connectivity index (χ1v) is 7.11. The molecule has 2 aliphatic heterocycles. The van der Waals surface area contributed by atoms with Crippen LogP contribution in [0.3, 0.4) is 0 Å². The van der Waals surface area contributed by atoms with E-state index in [1.165, 1.54) is 17.7 Å². The van der Waals surface area contributed by atoms with E-state index in [2.05, 4.69) is 29.4 Å². The molecule has 4 heteroatoms. The predicted molar refractivity (Wildman–Crippen MR) is 76.0 cm³/mol. The van der Waals surface area contributed by atoms with E-state index in [1.807, 2.05) is 6.07 Å². The molecule has 2 heterocycles. The standard InChI is InChI=1S/C15H22N2O2/c1-17-8-9-18-13(10-17)11-19-14-6-2-4-12-5-3-7-16-15(12)14/h2,4,6,13,16H,3,5,7-11H2,1H3. The molecule has 1 unspecified atom stereocenters. The number of nitrogens with zero attached hydrogens (tertiary/aromatic N) is 1. The summed E-state index contributed by atoms with van der Waals surface area (Å²) >= 11 is 0. The van der Waals surface area contributed by atoms with Gasteiger partial charge in [-0.05, 0) is 31.5 Å². The molecule has 0 aliphatic carbocycles. The van der Waals surface area contributed by atoms with Gasteiger partial charge in [0.1, 0.15) is 18.5 Å². The topological polar surface area (TPSA) is 33.7 Å². The summed E-state index contributed by atoms with van der Waals surface area (Å²) in [6.07, 6.45) is 2.52. The molecular weight excluding hydrogens is 240 g/mol. The lowest BCUT2D eigenvalue weighted by molar-refractivity contribution is -0.0402. The maximum absolute atomic E-state index is 5.98. The average Bonchev–Trinajstić information content (AvgIpc) is 2.45.